The van der Waals surface area contributed by atoms with Crippen LogP contribution < -0.4 is 0 Å². The van der Waals surface area contributed by atoms with E-state index in [0.29, 0.717) is 0 Å². The van der Waals surface area contributed by atoms with Crippen molar-refractivity contribution in [1.29, 1.82) is 0 Å². The molecule has 0 spiro atoms. The first kappa shape index (κ1) is 118. The third-order valence-corrected chi connectivity index (χ3v) is 9.57. The second kappa shape index (κ2) is 50.9. The predicted octanol–water partition coefficient (Wildman–Crippen LogP) is -7.11. The van der Waals surface area contributed by atoms with E-state index in [0.717, 1.165) is 0 Å². The maximum Gasteiger partial charge on any atom is 0.478 e. The van der Waals surface area contributed by atoms with Crippen LogP contribution in [0.1, 0.15) is 0 Å². The van der Waals surface area contributed by atoms with Crippen LogP contribution in [0.25, 0.3) is 0 Å². The molecule has 8 radical (unpaired) electrons. The summed E-state index contributed by atoms with van der Waals surface area (Å²) >= 11 is 0. The van der Waals surface area contributed by atoms with Crippen LogP contribution in [0.3, 0.4) is 0 Å². The zero-order chi connectivity index (χ0) is 38.5. The van der Waals surface area contributed by atoms with Crippen molar-refractivity contribution in [3.8, 4) is 0 Å². The van der Waals surface area contributed by atoms with E-state index >= 15 is 0 Å². The Kier molecular flexibility index (Phi) is 105. The van der Waals surface area contributed by atoms with Gasteiger partial charge >= 0.3 is 78.2 Å². The first-order valence-electron chi connectivity index (χ1n) is 7.65. The van der Waals surface area contributed by atoms with Gasteiger partial charge in [-0.2, -0.15) is 21.6 Å². The summed E-state index contributed by atoms with van der Waals surface area (Å²) in [5, 5.41) is 0. The molecule has 0 saturated carbocycles. The zero-order valence-electron chi connectivity index (χ0n) is 29.0. The molecule has 320 valence electrons. The molecule has 57 heavy (non-hydrogen) atoms. The number of phosphoric acid groups is 10. The molecule has 57 heteroatoms. The van der Waals surface area contributed by atoms with Gasteiger partial charge in [-0.3, -0.25) is 0 Å². The van der Waals surface area contributed by atoms with E-state index in [1.54, 1.807) is 0 Å². The van der Waals surface area contributed by atoms with Gasteiger partial charge in [-0.1, -0.05) is 0 Å². The summed E-state index contributed by atoms with van der Waals surface area (Å²) in [6.45, 7) is 0. The minimum Gasteiger partial charge on any atom is -0.302 e. The van der Waals surface area contributed by atoms with Gasteiger partial charge < -0.3 is 97.9 Å². The van der Waals surface area contributed by atoms with Gasteiger partial charge in [0, 0.05) is 305 Å². The Morgan fingerprint density at radius 2 is 0.211 bits per heavy atom. The van der Waals surface area contributed by atoms with Gasteiger partial charge in [-0.25, -0.2) is 45.7 Å². The van der Waals surface area contributed by atoms with E-state index in [-0.39, 0.29) is 305 Å². The maximum atomic E-state index is 9.63. The van der Waals surface area contributed by atoms with Gasteiger partial charge in [0.2, 0.25) is 0 Å². The Labute approximate surface area is 537 Å². The largest absolute Gasteiger partial charge is 0.478 e. The second-order valence-electron chi connectivity index (χ2n) is 5.31. The van der Waals surface area contributed by atoms with Crippen molar-refractivity contribution in [2.45, 2.75) is 0 Å². The van der Waals surface area contributed by atoms with Crippen molar-refractivity contribution < 1.29 is 233 Å². The molecule has 0 aromatic rings. The Bertz CT molecular complexity index is 1030. The molecular weight excluding hydrogens is 1280 g/mol. The molecule has 0 rings (SSSR count). The Hall–Kier alpha value is 11.4. The minimum absolute atomic E-state index is 0. The average Bonchev–Trinajstić information content (AvgIpc) is 2.36. The van der Waals surface area contributed by atoms with E-state index in [1.165, 1.54) is 0 Å². The first-order valence-corrected chi connectivity index (χ1v) is 23.0. The molecule has 0 saturated heterocycles. The van der Waals surface area contributed by atoms with Crippen molar-refractivity contribution >= 4 is 315 Å². The van der Waals surface area contributed by atoms with Gasteiger partial charge in [0.05, 0.1) is 0 Å². The van der Waals surface area contributed by atoms with E-state index in [1.807, 2.05) is 0 Å². The normalized spacial score (nSPS) is 10.9. The molecule has 35 nitrogen and oxygen atoms in total. The summed E-state index contributed by atoms with van der Waals surface area (Å²) in [7, 11) is -50.5. The van der Waals surface area contributed by atoms with Crippen LogP contribution in [-0.4, -0.2) is 334 Å². The van der Waals surface area contributed by atoms with Crippen molar-refractivity contribution in [2.75, 3.05) is 0 Å². The molecule has 0 aromatic carbocycles. The van der Waals surface area contributed by atoms with Crippen LogP contribution in [0.5, 0.6) is 0 Å². The van der Waals surface area contributed by atoms with Crippen LogP contribution in [0.2, 0.25) is 0 Å². The van der Waals surface area contributed by atoms with Crippen LogP contribution in [0.15, 0.2) is 0 Å². The quantitative estimate of drug-likeness (QED) is 0.0714. The van der Waals surface area contributed by atoms with E-state index < -0.39 is 78.2 Å². The van der Waals surface area contributed by atoms with Crippen LogP contribution in [0, 0.1) is 0 Å². The summed E-state index contributed by atoms with van der Waals surface area (Å²) in [6, 6.07) is 0. The summed E-state index contributed by atoms with van der Waals surface area (Å²) in [4.78, 5) is 155. The van der Waals surface area contributed by atoms with Gasteiger partial charge in [0.25, 0.3) is 0 Å². The smallest absolute Gasteiger partial charge is 0.302 e. The molecule has 0 aliphatic heterocycles. The van der Waals surface area contributed by atoms with Crippen molar-refractivity contribution in [1.82, 2.24) is 0 Å². The van der Waals surface area contributed by atoms with Crippen LogP contribution >= 0.6 is 78.2 Å². The van der Waals surface area contributed by atoms with Gasteiger partial charge in [-0.05, 0) is 0 Å². The average molecular weight is 1300 g/mol. The molecule has 0 heterocycles. The summed E-state index contributed by atoms with van der Waals surface area (Å²) < 4.78 is 111. The van der Waals surface area contributed by atoms with E-state index in [4.69, 9.17) is 97.9 Å². The third-order valence-electron chi connectivity index (χ3n) is 1.06. The first-order chi connectivity index (χ1) is 18.5. The van der Waals surface area contributed by atoms with Crippen molar-refractivity contribution in [3.63, 3.8) is 0 Å². The molecule has 0 fully saturated rings. The van der Waals surface area contributed by atoms with E-state index in [9.17, 15) is 45.7 Å². The molecule has 0 bridgehead atoms. The fourth-order valence-electron chi connectivity index (χ4n) is 0.693. The van der Waals surface area contributed by atoms with Crippen molar-refractivity contribution in [3.05, 3.63) is 0 Å². The fraction of sp³-hybridized carbons (Fsp3) is 0. The molecule has 0 aromatic heterocycles. The predicted molar refractivity (Wildman–Crippen MR) is 172 cm³/mol. The monoisotopic (exact) mass is 1300 g/mol. The summed E-state index contributed by atoms with van der Waals surface area (Å²) in [6.07, 6.45) is 0. The Morgan fingerprint density at radius 1 is 0.175 bits per heavy atom. The third kappa shape index (κ3) is 168. The molecule has 20 N–H and O–H groups in total. The molecular formula is H20Fe4Na8O35P10. The topological polar surface area (TPSA) is 621 Å². The van der Waals surface area contributed by atoms with Gasteiger partial charge in [-0.15, -0.1) is 0 Å². The Morgan fingerprint density at radius 3 is 0.211 bits per heavy atom. The molecule has 0 aliphatic rings. The minimum atomic E-state index is -5.05. The maximum absolute atomic E-state index is 9.63. The molecule has 0 atom stereocenters. The fourth-order valence-corrected chi connectivity index (χ4v) is 6.24. The second-order valence-corrected chi connectivity index (χ2v) is 18.4. The number of hydrogen-bond acceptors (Lipinski definition) is 15. The number of hydrogen-bond donors (Lipinski definition) is 20. The van der Waals surface area contributed by atoms with Crippen LogP contribution in [0.4, 0.5) is 0 Å². The zero-order valence-corrected chi connectivity index (χ0v) is 58.3. The standard InChI is InChI=1S/4Fe.8Na.5H4O7P2/c;;;;;;;;;;;;5*1-8(2,3)7-9(4,5)6/h;;;;;;;;;;;;5*(H2,1,2,3)(H2,4,5,6). The SMILES string of the molecule is O=P(O)(O)OP(=O)(O)O.O=P(O)(O)OP(=O)(O)O.O=P(O)(O)OP(=O)(O)O.O=P(O)(O)OP(=O)(O)O.O=P(O)(O)OP(=O)(O)O.[Fe].[Fe].[Fe].[Fe].[Na].[Na].[Na].[Na].[Na].[Na].[Na].[Na]. The van der Waals surface area contributed by atoms with Crippen LogP contribution in [-0.2, 0) is 135 Å². The molecule has 0 aliphatic carbocycles. The molecule has 0 unspecified atom stereocenters. The Balaban J connectivity index is -0.0000000222. The van der Waals surface area contributed by atoms with Gasteiger partial charge in [0.15, 0.2) is 0 Å². The summed E-state index contributed by atoms with van der Waals surface area (Å²) in [5.41, 5.74) is 0. The molecule has 0 amide bonds. The van der Waals surface area contributed by atoms with E-state index in [2.05, 4.69) is 21.6 Å². The summed E-state index contributed by atoms with van der Waals surface area (Å²) in [5.74, 6) is 0. The number of rotatable bonds is 10. The van der Waals surface area contributed by atoms with Crippen molar-refractivity contribution in [2.24, 2.45) is 0 Å². The van der Waals surface area contributed by atoms with Gasteiger partial charge in [0.1, 0.15) is 0 Å².